The highest BCUT2D eigenvalue weighted by molar-refractivity contribution is 5.28. The van der Waals surface area contributed by atoms with E-state index in [0.717, 1.165) is 30.8 Å². The van der Waals surface area contributed by atoms with E-state index in [2.05, 4.69) is 0 Å². The third-order valence-corrected chi connectivity index (χ3v) is 4.38. The van der Waals surface area contributed by atoms with Crippen LogP contribution in [0.5, 0.6) is 5.75 Å². The van der Waals surface area contributed by atoms with Gasteiger partial charge in [0, 0.05) is 12.8 Å². The average molecular weight is 262 g/mol. The summed E-state index contributed by atoms with van der Waals surface area (Å²) in [6, 6.07) is 7.76. The number of hydrogen-bond donors (Lipinski definition) is 1. The van der Waals surface area contributed by atoms with Gasteiger partial charge in [0.15, 0.2) is 0 Å². The van der Waals surface area contributed by atoms with Crippen molar-refractivity contribution in [3.8, 4) is 5.75 Å². The van der Waals surface area contributed by atoms with Crippen LogP contribution in [0.25, 0.3) is 0 Å². The van der Waals surface area contributed by atoms with E-state index in [1.54, 1.807) is 6.92 Å². The molecule has 104 valence electrons. The van der Waals surface area contributed by atoms with Crippen molar-refractivity contribution in [3.05, 3.63) is 29.8 Å². The molecule has 3 heteroatoms. The van der Waals surface area contributed by atoms with Crippen molar-refractivity contribution in [1.29, 1.82) is 0 Å². The van der Waals surface area contributed by atoms with Crippen LogP contribution in [0.1, 0.15) is 50.7 Å². The van der Waals surface area contributed by atoms with Crippen molar-refractivity contribution in [1.82, 2.24) is 0 Å². The highest BCUT2D eigenvalue weighted by atomic mass is 16.5. The summed E-state index contributed by atoms with van der Waals surface area (Å²) < 4.78 is 12.0. The van der Waals surface area contributed by atoms with E-state index in [-0.39, 0.29) is 11.7 Å². The van der Waals surface area contributed by atoms with E-state index >= 15 is 0 Å². The second-order valence-electron chi connectivity index (χ2n) is 5.86. The highest BCUT2D eigenvalue weighted by Gasteiger charge is 2.43. The van der Waals surface area contributed by atoms with Gasteiger partial charge in [0.25, 0.3) is 0 Å². The number of aliphatic hydroxyl groups excluding tert-OH is 1. The molecule has 0 radical (unpaired) electrons. The molecule has 0 amide bonds. The first kappa shape index (κ1) is 12.9. The Kier molecular flexibility index (Phi) is 3.50. The van der Waals surface area contributed by atoms with E-state index in [4.69, 9.17) is 9.47 Å². The van der Waals surface area contributed by atoms with Crippen LogP contribution in [0, 0.1) is 0 Å². The molecule has 1 aliphatic heterocycles. The van der Waals surface area contributed by atoms with Crippen LogP contribution in [0.2, 0.25) is 0 Å². The molecule has 1 aromatic rings. The molecule has 1 aliphatic carbocycles. The maximum atomic E-state index is 9.49. The normalized spacial score (nSPS) is 26.7. The van der Waals surface area contributed by atoms with Gasteiger partial charge in [0.2, 0.25) is 0 Å². The molecule has 1 unspecified atom stereocenters. The molecule has 2 aliphatic rings. The van der Waals surface area contributed by atoms with Crippen molar-refractivity contribution in [2.45, 2.75) is 56.8 Å². The fourth-order valence-electron chi connectivity index (χ4n) is 3.02. The predicted molar refractivity (Wildman–Crippen MR) is 73.3 cm³/mol. The summed E-state index contributed by atoms with van der Waals surface area (Å²) in [5, 5.41) is 9.49. The minimum Gasteiger partial charge on any atom is -0.490 e. The molecule has 19 heavy (non-hydrogen) atoms. The van der Waals surface area contributed by atoms with Crippen LogP contribution in [-0.2, 0) is 4.74 Å². The van der Waals surface area contributed by atoms with Crippen LogP contribution < -0.4 is 4.74 Å². The van der Waals surface area contributed by atoms with Gasteiger partial charge in [0.1, 0.15) is 11.9 Å². The summed E-state index contributed by atoms with van der Waals surface area (Å²) in [5.74, 6) is 0.894. The van der Waals surface area contributed by atoms with Crippen molar-refractivity contribution in [2.24, 2.45) is 0 Å². The Morgan fingerprint density at radius 1 is 1.32 bits per heavy atom. The van der Waals surface area contributed by atoms with Crippen molar-refractivity contribution < 1.29 is 14.6 Å². The molecule has 1 spiro atoms. The average Bonchev–Trinajstić information content (AvgIpc) is 2.38. The Balaban J connectivity index is 1.61. The van der Waals surface area contributed by atoms with E-state index < -0.39 is 6.10 Å². The number of aliphatic hydroxyl groups is 1. The second-order valence-corrected chi connectivity index (χ2v) is 5.86. The lowest BCUT2D eigenvalue weighted by Gasteiger charge is -2.46. The molecule has 3 rings (SSSR count). The first-order valence-corrected chi connectivity index (χ1v) is 7.26. The monoisotopic (exact) mass is 262 g/mol. The van der Waals surface area contributed by atoms with Crippen LogP contribution >= 0.6 is 0 Å². The summed E-state index contributed by atoms with van der Waals surface area (Å²) in [5.41, 5.74) is 1.05. The quantitative estimate of drug-likeness (QED) is 0.909. The second kappa shape index (κ2) is 5.14. The number of rotatable bonds is 3. The van der Waals surface area contributed by atoms with Gasteiger partial charge in [-0.2, -0.15) is 0 Å². The predicted octanol–water partition coefficient (Wildman–Crippen LogP) is 3.22. The summed E-state index contributed by atoms with van der Waals surface area (Å²) in [7, 11) is 0. The molecule has 2 atom stereocenters. The van der Waals surface area contributed by atoms with Crippen LogP contribution in [0.15, 0.2) is 24.3 Å². The summed E-state index contributed by atoms with van der Waals surface area (Å²) in [4.78, 5) is 0. The van der Waals surface area contributed by atoms with E-state index in [9.17, 15) is 5.11 Å². The molecule has 1 N–H and O–H groups in total. The first-order valence-electron chi connectivity index (χ1n) is 7.26. The molecule has 3 nitrogen and oxygen atoms in total. The third kappa shape index (κ3) is 2.77. The number of hydrogen-bond acceptors (Lipinski definition) is 3. The van der Waals surface area contributed by atoms with Gasteiger partial charge in [-0.25, -0.2) is 0 Å². The van der Waals surface area contributed by atoms with Crippen LogP contribution in [-0.4, -0.2) is 23.4 Å². The first-order chi connectivity index (χ1) is 9.17. The SMILES string of the molecule is C[C@H](O)c1ccc(OC2CCOC3(CCC3)C2)cc1. The zero-order valence-corrected chi connectivity index (χ0v) is 11.5. The molecular formula is C16H22O3. The number of ether oxygens (including phenoxy) is 2. The third-order valence-electron chi connectivity index (χ3n) is 4.38. The smallest absolute Gasteiger partial charge is 0.119 e. The van der Waals surface area contributed by atoms with Gasteiger partial charge in [-0.1, -0.05) is 12.1 Å². The maximum absolute atomic E-state index is 9.49. The van der Waals surface area contributed by atoms with Gasteiger partial charge in [-0.05, 0) is 43.9 Å². The molecule has 1 saturated heterocycles. The maximum Gasteiger partial charge on any atom is 0.119 e. The molecule has 1 saturated carbocycles. The van der Waals surface area contributed by atoms with E-state index in [1.165, 1.54) is 19.3 Å². The molecular weight excluding hydrogens is 240 g/mol. The minimum atomic E-state index is -0.421. The zero-order valence-electron chi connectivity index (χ0n) is 11.5. The molecule has 2 fully saturated rings. The number of benzene rings is 1. The summed E-state index contributed by atoms with van der Waals surface area (Å²) in [6.45, 7) is 2.59. The van der Waals surface area contributed by atoms with Gasteiger partial charge < -0.3 is 14.6 Å². The van der Waals surface area contributed by atoms with Crippen molar-refractivity contribution in [2.75, 3.05) is 6.61 Å². The summed E-state index contributed by atoms with van der Waals surface area (Å²) in [6.07, 6.45) is 5.50. The van der Waals surface area contributed by atoms with E-state index in [1.807, 2.05) is 24.3 Å². The lowest BCUT2D eigenvalue weighted by molar-refractivity contribution is -0.153. The van der Waals surface area contributed by atoms with Crippen LogP contribution in [0.4, 0.5) is 0 Å². The molecule has 0 aromatic heterocycles. The lowest BCUT2D eigenvalue weighted by Crippen LogP contribution is -2.48. The van der Waals surface area contributed by atoms with Gasteiger partial charge in [0.05, 0.1) is 18.3 Å². The van der Waals surface area contributed by atoms with Crippen molar-refractivity contribution in [3.63, 3.8) is 0 Å². The Morgan fingerprint density at radius 3 is 2.63 bits per heavy atom. The van der Waals surface area contributed by atoms with Gasteiger partial charge >= 0.3 is 0 Å². The molecule has 0 bridgehead atoms. The van der Waals surface area contributed by atoms with Crippen molar-refractivity contribution >= 4 is 0 Å². The zero-order chi connectivity index (χ0) is 13.3. The Morgan fingerprint density at radius 2 is 2.05 bits per heavy atom. The fourth-order valence-corrected chi connectivity index (χ4v) is 3.02. The van der Waals surface area contributed by atoms with Crippen LogP contribution in [0.3, 0.4) is 0 Å². The molecule has 1 aromatic carbocycles. The topological polar surface area (TPSA) is 38.7 Å². The Labute approximate surface area is 114 Å². The largest absolute Gasteiger partial charge is 0.490 e. The van der Waals surface area contributed by atoms with Gasteiger partial charge in [-0.15, -0.1) is 0 Å². The highest BCUT2D eigenvalue weighted by Crippen LogP contribution is 2.43. The molecule has 1 heterocycles. The minimum absolute atomic E-state index is 0.127. The van der Waals surface area contributed by atoms with E-state index in [0.29, 0.717) is 0 Å². The Bertz CT molecular complexity index is 420. The summed E-state index contributed by atoms with van der Waals surface area (Å²) >= 11 is 0. The Hall–Kier alpha value is -1.06. The lowest BCUT2D eigenvalue weighted by atomic mass is 9.74. The standard InChI is InChI=1S/C16H22O3/c1-12(17)13-3-5-14(6-4-13)19-15-7-10-18-16(11-15)8-2-9-16/h3-6,12,15,17H,2,7-11H2,1H3/t12-,15?/m0/s1. The fraction of sp³-hybridized carbons (Fsp3) is 0.625. The van der Waals surface area contributed by atoms with Gasteiger partial charge in [-0.3, -0.25) is 0 Å².